The van der Waals surface area contributed by atoms with E-state index < -0.39 is 17.4 Å². The van der Waals surface area contributed by atoms with E-state index >= 15 is 0 Å². The predicted octanol–water partition coefficient (Wildman–Crippen LogP) is 0.113. The summed E-state index contributed by atoms with van der Waals surface area (Å²) in [7, 11) is 0. The second-order valence-corrected chi connectivity index (χ2v) is 6.08. The Kier molecular flexibility index (Phi) is 3.87. The number of aliphatic carboxylic acids is 1. The van der Waals surface area contributed by atoms with E-state index in [9.17, 15) is 19.5 Å². The summed E-state index contributed by atoms with van der Waals surface area (Å²) < 4.78 is 0. The largest absolute Gasteiger partial charge is 0.480 e. The number of nitrogens with one attached hydrogen (secondary N) is 1. The maximum atomic E-state index is 12.5. The van der Waals surface area contributed by atoms with Crippen LogP contribution in [0.25, 0.3) is 0 Å². The van der Waals surface area contributed by atoms with Crippen molar-refractivity contribution >= 4 is 17.9 Å². The lowest BCUT2D eigenvalue weighted by Gasteiger charge is -2.45. The standard InChI is InChI=1S/C13H21N3O4/c1-13(2)4-3-6-16(10(13)11(18)19)12(20)15-7-5-14-9(17)8-15/h10H,3-8H2,1-2H3,(H,14,17)(H,18,19). The summed E-state index contributed by atoms with van der Waals surface area (Å²) in [6, 6.07) is -1.19. The van der Waals surface area contributed by atoms with E-state index in [1.165, 1.54) is 9.80 Å². The Labute approximate surface area is 117 Å². The van der Waals surface area contributed by atoms with Gasteiger partial charge in [-0.25, -0.2) is 9.59 Å². The van der Waals surface area contributed by atoms with Gasteiger partial charge in [-0.1, -0.05) is 13.8 Å². The lowest BCUT2D eigenvalue weighted by molar-refractivity contribution is -0.148. The van der Waals surface area contributed by atoms with Gasteiger partial charge in [0, 0.05) is 19.6 Å². The van der Waals surface area contributed by atoms with Crippen LogP contribution in [0.5, 0.6) is 0 Å². The zero-order valence-corrected chi connectivity index (χ0v) is 11.9. The number of carboxylic acids is 1. The second-order valence-electron chi connectivity index (χ2n) is 6.08. The summed E-state index contributed by atoms with van der Waals surface area (Å²) in [4.78, 5) is 38.2. The van der Waals surface area contributed by atoms with Crippen LogP contribution in [0, 0.1) is 5.41 Å². The summed E-state index contributed by atoms with van der Waals surface area (Å²) in [6.07, 6.45) is 1.55. The summed E-state index contributed by atoms with van der Waals surface area (Å²) in [5.41, 5.74) is -0.461. The van der Waals surface area contributed by atoms with Crippen LogP contribution in [0.3, 0.4) is 0 Å². The molecule has 1 atom stereocenters. The molecule has 20 heavy (non-hydrogen) atoms. The first-order valence-corrected chi connectivity index (χ1v) is 6.88. The van der Waals surface area contributed by atoms with Crippen molar-refractivity contribution in [3.63, 3.8) is 0 Å². The van der Waals surface area contributed by atoms with Crippen molar-refractivity contribution in [2.24, 2.45) is 5.41 Å². The van der Waals surface area contributed by atoms with Gasteiger partial charge in [0.25, 0.3) is 0 Å². The molecule has 0 aromatic heterocycles. The van der Waals surface area contributed by atoms with Gasteiger partial charge in [-0.2, -0.15) is 0 Å². The first-order valence-electron chi connectivity index (χ1n) is 6.88. The van der Waals surface area contributed by atoms with Gasteiger partial charge in [-0.05, 0) is 18.3 Å². The minimum Gasteiger partial charge on any atom is -0.480 e. The monoisotopic (exact) mass is 283 g/mol. The van der Waals surface area contributed by atoms with E-state index in [0.29, 0.717) is 19.6 Å². The molecule has 0 radical (unpaired) electrons. The number of hydrogen-bond donors (Lipinski definition) is 2. The Morgan fingerprint density at radius 2 is 2.05 bits per heavy atom. The third-order valence-corrected chi connectivity index (χ3v) is 4.06. The van der Waals surface area contributed by atoms with E-state index in [0.717, 1.165) is 12.8 Å². The van der Waals surface area contributed by atoms with E-state index in [-0.39, 0.29) is 18.5 Å². The fourth-order valence-electron chi connectivity index (χ4n) is 3.05. The number of hydrogen-bond acceptors (Lipinski definition) is 3. The smallest absolute Gasteiger partial charge is 0.327 e. The van der Waals surface area contributed by atoms with Crippen LogP contribution in [0.4, 0.5) is 4.79 Å². The van der Waals surface area contributed by atoms with Gasteiger partial charge >= 0.3 is 12.0 Å². The Balaban J connectivity index is 2.18. The van der Waals surface area contributed by atoms with Crippen molar-refractivity contribution in [1.29, 1.82) is 0 Å². The van der Waals surface area contributed by atoms with Crippen LogP contribution in [0.1, 0.15) is 26.7 Å². The summed E-state index contributed by atoms with van der Waals surface area (Å²) in [5.74, 6) is -1.18. The Hall–Kier alpha value is -1.79. The van der Waals surface area contributed by atoms with E-state index in [4.69, 9.17) is 0 Å². The molecular formula is C13H21N3O4. The first kappa shape index (κ1) is 14.6. The number of amides is 3. The molecule has 2 heterocycles. The van der Waals surface area contributed by atoms with Crippen molar-refractivity contribution in [2.75, 3.05) is 26.2 Å². The number of carboxylic acid groups (broad SMARTS) is 1. The average molecular weight is 283 g/mol. The molecule has 1 unspecified atom stereocenters. The SMILES string of the molecule is CC1(C)CCCN(C(=O)N2CCNC(=O)C2)C1C(=O)O. The number of likely N-dealkylation sites (tertiary alicyclic amines) is 1. The molecule has 2 N–H and O–H groups in total. The fourth-order valence-corrected chi connectivity index (χ4v) is 3.05. The highest BCUT2D eigenvalue weighted by molar-refractivity contribution is 5.88. The molecule has 0 aromatic carbocycles. The highest BCUT2D eigenvalue weighted by Gasteiger charge is 2.45. The molecule has 0 bridgehead atoms. The maximum Gasteiger partial charge on any atom is 0.327 e. The molecule has 0 spiro atoms. The lowest BCUT2D eigenvalue weighted by atomic mass is 9.76. The Morgan fingerprint density at radius 3 is 2.65 bits per heavy atom. The van der Waals surface area contributed by atoms with Gasteiger partial charge in [-0.3, -0.25) is 4.79 Å². The van der Waals surface area contributed by atoms with Crippen molar-refractivity contribution < 1.29 is 19.5 Å². The molecule has 2 fully saturated rings. The normalized spacial score (nSPS) is 26.1. The maximum absolute atomic E-state index is 12.5. The Bertz CT molecular complexity index is 435. The molecule has 112 valence electrons. The fraction of sp³-hybridized carbons (Fsp3) is 0.769. The van der Waals surface area contributed by atoms with Crippen LogP contribution in [0.15, 0.2) is 0 Å². The molecule has 7 nitrogen and oxygen atoms in total. The van der Waals surface area contributed by atoms with Crippen LogP contribution >= 0.6 is 0 Å². The summed E-state index contributed by atoms with van der Waals surface area (Å²) in [6.45, 7) is 5.01. The van der Waals surface area contributed by atoms with E-state index in [1.54, 1.807) is 0 Å². The third kappa shape index (κ3) is 2.71. The van der Waals surface area contributed by atoms with Crippen molar-refractivity contribution in [2.45, 2.75) is 32.7 Å². The molecule has 3 amide bonds. The molecule has 0 aliphatic carbocycles. The van der Waals surface area contributed by atoms with Gasteiger partial charge in [-0.15, -0.1) is 0 Å². The number of urea groups is 1. The topological polar surface area (TPSA) is 90.0 Å². The summed E-state index contributed by atoms with van der Waals surface area (Å²) in [5, 5.41) is 12.1. The highest BCUT2D eigenvalue weighted by Crippen LogP contribution is 2.35. The molecular weight excluding hydrogens is 262 g/mol. The molecule has 7 heteroatoms. The lowest BCUT2D eigenvalue weighted by Crippen LogP contribution is -2.61. The number of rotatable bonds is 1. The minimum atomic E-state index is -0.982. The number of piperidine rings is 1. The predicted molar refractivity (Wildman–Crippen MR) is 71.1 cm³/mol. The van der Waals surface area contributed by atoms with Gasteiger partial charge in [0.1, 0.15) is 12.6 Å². The number of nitrogens with zero attached hydrogens (tertiary/aromatic N) is 2. The zero-order chi connectivity index (χ0) is 14.9. The van der Waals surface area contributed by atoms with Gasteiger partial charge in [0.2, 0.25) is 5.91 Å². The van der Waals surface area contributed by atoms with E-state index in [2.05, 4.69) is 5.32 Å². The molecule has 2 aliphatic rings. The molecule has 2 rings (SSSR count). The van der Waals surface area contributed by atoms with Crippen LogP contribution in [-0.2, 0) is 9.59 Å². The summed E-state index contributed by atoms with van der Waals surface area (Å²) >= 11 is 0. The Morgan fingerprint density at radius 1 is 1.35 bits per heavy atom. The highest BCUT2D eigenvalue weighted by atomic mass is 16.4. The van der Waals surface area contributed by atoms with Gasteiger partial charge in [0.05, 0.1) is 0 Å². The van der Waals surface area contributed by atoms with Crippen LogP contribution in [0.2, 0.25) is 0 Å². The number of carbonyl (C=O) groups excluding carboxylic acids is 2. The second kappa shape index (κ2) is 5.30. The zero-order valence-electron chi connectivity index (χ0n) is 11.9. The molecule has 0 aromatic rings. The van der Waals surface area contributed by atoms with Crippen molar-refractivity contribution in [3.05, 3.63) is 0 Å². The molecule has 0 saturated carbocycles. The average Bonchev–Trinajstić information content (AvgIpc) is 2.35. The number of piperazine rings is 1. The third-order valence-electron chi connectivity index (χ3n) is 4.06. The van der Waals surface area contributed by atoms with E-state index in [1.807, 2.05) is 13.8 Å². The minimum absolute atomic E-state index is 0.00208. The number of carbonyl (C=O) groups is 3. The van der Waals surface area contributed by atoms with Crippen molar-refractivity contribution in [1.82, 2.24) is 15.1 Å². The van der Waals surface area contributed by atoms with Gasteiger partial charge in [0.15, 0.2) is 0 Å². The van der Waals surface area contributed by atoms with Crippen molar-refractivity contribution in [3.8, 4) is 0 Å². The van der Waals surface area contributed by atoms with Gasteiger partial charge < -0.3 is 20.2 Å². The first-order chi connectivity index (χ1) is 9.33. The molecule has 2 saturated heterocycles. The molecule has 2 aliphatic heterocycles. The van der Waals surface area contributed by atoms with Crippen LogP contribution in [-0.4, -0.2) is 65.0 Å². The van der Waals surface area contributed by atoms with Crippen LogP contribution < -0.4 is 5.32 Å². The quantitative estimate of drug-likeness (QED) is 0.715.